The standard InChI is InChI=1S/C23H23FN2O5/c1-13(2)10-19(26-21(28)16-6-4-5-7-17(16)22(26)29)23(30)31-12-20(27)25-15-9-8-14(3)18(24)11-15/h4-9,11,13,19H,10,12H2,1-3H3,(H,25,27)/t19-/m1/s1. The summed E-state index contributed by atoms with van der Waals surface area (Å²) in [5, 5.41) is 2.44. The van der Waals surface area contributed by atoms with Crippen molar-refractivity contribution in [2.75, 3.05) is 11.9 Å². The van der Waals surface area contributed by atoms with Crippen LogP contribution in [0.15, 0.2) is 42.5 Å². The molecule has 1 heterocycles. The van der Waals surface area contributed by atoms with E-state index in [2.05, 4.69) is 5.32 Å². The number of carbonyl (C=O) groups is 4. The zero-order valence-corrected chi connectivity index (χ0v) is 17.5. The Morgan fingerprint density at radius 3 is 2.23 bits per heavy atom. The molecule has 1 aliphatic heterocycles. The number of ether oxygens (including phenoxy) is 1. The summed E-state index contributed by atoms with van der Waals surface area (Å²) in [7, 11) is 0. The van der Waals surface area contributed by atoms with E-state index in [-0.39, 0.29) is 29.2 Å². The zero-order valence-electron chi connectivity index (χ0n) is 17.5. The topological polar surface area (TPSA) is 92.8 Å². The normalized spacial score (nSPS) is 13.9. The first-order chi connectivity index (χ1) is 14.7. The summed E-state index contributed by atoms with van der Waals surface area (Å²) < 4.78 is 18.7. The quantitative estimate of drug-likeness (QED) is 0.542. The highest BCUT2D eigenvalue weighted by atomic mass is 19.1. The maximum absolute atomic E-state index is 13.6. The smallest absolute Gasteiger partial charge is 0.329 e. The van der Waals surface area contributed by atoms with Gasteiger partial charge >= 0.3 is 5.97 Å². The van der Waals surface area contributed by atoms with Gasteiger partial charge in [-0.1, -0.05) is 32.0 Å². The molecule has 0 bridgehead atoms. The van der Waals surface area contributed by atoms with E-state index < -0.39 is 42.2 Å². The fourth-order valence-corrected chi connectivity index (χ4v) is 3.35. The monoisotopic (exact) mass is 426 g/mol. The van der Waals surface area contributed by atoms with Gasteiger partial charge in [0.15, 0.2) is 6.61 Å². The number of hydrogen-bond acceptors (Lipinski definition) is 5. The van der Waals surface area contributed by atoms with Crippen molar-refractivity contribution < 1.29 is 28.3 Å². The van der Waals surface area contributed by atoms with Gasteiger partial charge in [-0.05, 0) is 49.1 Å². The number of fused-ring (bicyclic) bond motifs is 1. The predicted octanol–water partition coefficient (Wildman–Crippen LogP) is 3.33. The Balaban J connectivity index is 1.69. The van der Waals surface area contributed by atoms with Gasteiger partial charge in [0.2, 0.25) is 0 Å². The molecule has 0 saturated carbocycles. The van der Waals surface area contributed by atoms with E-state index in [9.17, 15) is 23.6 Å². The second-order valence-electron chi connectivity index (χ2n) is 7.79. The molecule has 31 heavy (non-hydrogen) atoms. The van der Waals surface area contributed by atoms with Gasteiger partial charge in [-0.2, -0.15) is 0 Å². The van der Waals surface area contributed by atoms with Gasteiger partial charge in [0, 0.05) is 5.69 Å². The molecule has 1 aliphatic rings. The van der Waals surface area contributed by atoms with Crippen LogP contribution in [0.5, 0.6) is 0 Å². The number of nitrogens with zero attached hydrogens (tertiary/aromatic N) is 1. The number of amides is 3. The summed E-state index contributed by atoms with van der Waals surface area (Å²) in [6.45, 7) is 4.65. The number of anilines is 1. The number of aryl methyl sites for hydroxylation is 1. The molecular weight excluding hydrogens is 403 g/mol. The van der Waals surface area contributed by atoms with Crippen molar-refractivity contribution in [1.82, 2.24) is 4.90 Å². The second-order valence-corrected chi connectivity index (χ2v) is 7.79. The van der Waals surface area contributed by atoms with Crippen molar-refractivity contribution in [2.24, 2.45) is 5.92 Å². The molecule has 0 unspecified atom stereocenters. The molecule has 3 rings (SSSR count). The summed E-state index contributed by atoms with van der Waals surface area (Å²) in [5.41, 5.74) is 1.12. The van der Waals surface area contributed by atoms with Gasteiger partial charge in [-0.15, -0.1) is 0 Å². The molecule has 1 atom stereocenters. The fraction of sp³-hybridized carbons (Fsp3) is 0.304. The van der Waals surface area contributed by atoms with Crippen LogP contribution in [0, 0.1) is 18.7 Å². The molecule has 2 aromatic rings. The molecule has 162 valence electrons. The van der Waals surface area contributed by atoms with Crippen LogP contribution in [0.3, 0.4) is 0 Å². The van der Waals surface area contributed by atoms with Crippen molar-refractivity contribution in [1.29, 1.82) is 0 Å². The minimum atomic E-state index is -1.16. The lowest BCUT2D eigenvalue weighted by Crippen LogP contribution is -2.46. The van der Waals surface area contributed by atoms with Crippen LogP contribution < -0.4 is 5.32 Å². The SMILES string of the molecule is Cc1ccc(NC(=O)COC(=O)[C@@H](CC(C)C)N2C(=O)c3ccccc3C2=O)cc1F. The molecule has 1 N–H and O–H groups in total. The largest absolute Gasteiger partial charge is 0.454 e. The van der Waals surface area contributed by atoms with Gasteiger partial charge in [0.1, 0.15) is 11.9 Å². The van der Waals surface area contributed by atoms with Crippen LogP contribution in [-0.2, 0) is 14.3 Å². The van der Waals surface area contributed by atoms with E-state index in [0.29, 0.717) is 5.56 Å². The highest BCUT2D eigenvalue weighted by Gasteiger charge is 2.43. The average molecular weight is 426 g/mol. The van der Waals surface area contributed by atoms with Gasteiger partial charge < -0.3 is 10.1 Å². The minimum absolute atomic E-state index is 0.0220. The van der Waals surface area contributed by atoms with Crippen LogP contribution >= 0.6 is 0 Å². The minimum Gasteiger partial charge on any atom is -0.454 e. The van der Waals surface area contributed by atoms with E-state index in [0.717, 1.165) is 11.0 Å². The number of rotatable bonds is 7. The number of esters is 1. The molecule has 3 amide bonds. The molecule has 0 radical (unpaired) electrons. The van der Waals surface area contributed by atoms with E-state index in [1.165, 1.54) is 24.3 Å². The molecule has 7 nitrogen and oxygen atoms in total. The summed E-state index contributed by atoms with van der Waals surface area (Å²) >= 11 is 0. The van der Waals surface area contributed by atoms with Crippen molar-refractivity contribution >= 4 is 29.4 Å². The van der Waals surface area contributed by atoms with Crippen LogP contribution in [0.2, 0.25) is 0 Å². The van der Waals surface area contributed by atoms with Crippen LogP contribution in [-0.4, -0.2) is 41.2 Å². The van der Waals surface area contributed by atoms with Crippen molar-refractivity contribution in [3.63, 3.8) is 0 Å². The maximum Gasteiger partial charge on any atom is 0.329 e. The summed E-state index contributed by atoms with van der Waals surface area (Å²) in [6, 6.07) is 9.38. The molecule has 0 spiro atoms. The van der Waals surface area contributed by atoms with Crippen molar-refractivity contribution in [2.45, 2.75) is 33.2 Å². The number of hydrogen-bond donors (Lipinski definition) is 1. The lowest BCUT2D eigenvalue weighted by atomic mass is 10.0. The number of carbonyl (C=O) groups excluding carboxylic acids is 4. The van der Waals surface area contributed by atoms with Crippen LogP contribution in [0.1, 0.15) is 46.5 Å². The molecular formula is C23H23FN2O5. The molecule has 0 saturated heterocycles. The number of nitrogens with one attached hydrogen (secondary N) is 1. The summed E-state index contributed by atoms with van der Waals surface area (Å²) in [6.07, 6.45) is 0.190. The molecule has 0 fully saturated rings. The third kappa shape index (κ3) is 4.79. The van der Waals surface area contributed by atoms with Crippen LogP contribution in [0.25, 0.3) is 0 Å². The first-order valence-corrected chi connectivity index (χ1v) is 9.88. The Morgan fingerprint density at radius 2 is 1.68 bits per heavy atom. The van der Waals surface area contributed by atoms with Gasteiger partial charge in [0.05, 0.1) is 11.1 Å². The number of halogens is 1. The van der Waals surface area contributed by atoms with E-state index in [1.54, 1.807) is 19.1 Å². The Bertz CT molecular complexity index is 1020. The van der Waals surface area contributed by atoms with Gasteiger partial charge in [-0.3, -0.25) is 19.3 Å². The predicted molar refractivity (Wildman–Crippen MR) is 111 cm³/mol. The van der Waals surface area contributed by atoms with Crippen molar-refractivity contribution in [3.8, 4) is 0 Å². The molecule has 0 aromatic heterocycles. The van der Waals surface area contributed by atoms with E-state index in [1.807, 2.05) is 13.8 Å². The third-order valence-corrected chi connectivity index (χ3v) is 4.91. The average Bonchev–Trinajstić information content (AvgIpc) is 2.98. The van der Waals surface area contributed by atoms with E-state index >= 15 is 0 Å². The number of benzene rings is 2. The maximum atomic E-state index is 13.6. The Hall–Kier alpha value is -3.55. The Kier molecular flexibility index (Phi) is 6.48. The summed E-state index contributed by atoms with van der Waals surface area (Å²) in [4.78, 5) is 51.3. The molecule has 8 heteroatoms. The zero-order chi connectivity index (χ0) is 22.7. The highest BCUT2D eigenvalue weighted by Crippen LogP contribution is 2.27. The second kappa shape index (κ2) is 9.07. The van der Waals surface area contributed by atoms with Gasteiger partial charge in [-0.25, -0.2) is 9.18 Å². The van der Waals surface area contributed by atoms with Crippen LogP contribution in [0.4, 0.5) is 10.1 Å². The molecule has 0 aliphatic carbocycles. The lowest BCUT2D eigenvalue weighted by molar-refractivity contribution is -0.151. The molecule has 2 aromatic carbocycles. The fourth-order valence-electron chi connectivity index (χ4n) is 3.35. The van der Waals surface area contributed by atoms with Gasteiger partial charge in [0.25, 0.3) is 17.7 Å². The Morgan fingerprint density at radius 1 is 1.06 bits per heavy atom. The highest BCUT2D eigenvalue weighted by molar-refractivity contribution is 6.22. The number of imide groups is 1. The Labute approximate surface area is 179 Å². The third-order valence-electron chi connectivity index (χ3n) is 4.91. The van der Waals surface area contributed by atoms with E-state index in [4.69, 9.17) is 4.74 Å². The summed E-state index contributed by atoms with van der Waals surface area (Å²) in [5.74, 6) is -3.15. The van der Waals surface area contributed by atoms with Crippen molar-refractivity contribution in [3.05, 3.63) is 65.0 Å². The first kappa shape index (κ1) is 22.1. The lowest BCUT2D eigenvalue weighted by Gasteiger charge is -2.25. The first-order valence-electron chi connectivity index (χ1n) is 9.88.